The fourth-order valence-electron chi connectivity index (χ4n) is 4.36. The molecule has 2 aliphatic carbocycles. The van der Waals surface area contributed by atoms with E-state index < -0.39 is 95.6 Å². The summed E-state index contributed by atoms with van der Waals surface area (Å²) in [6.07, 6.45) is -3.80. The van der Waals surface area contributed by atoms with Gasteiger partial charge in [0.25, 0.3) is 0 Å². The largest absolute Gasteiger partial charge is 0.703 e. The summed E-state index contributed by atoms with van der Waals surface area (Å²) in [5, 5.41) is 67.8. The van der Waals surface area contributed by atoms with Crippen LogP contribution in [-0.2, 0) is 9.59 Å². The first-order valence-electron chi connectivity index (χ1n) is 8.10. The van der Waals surface area contributed by atoms with E-state index in [0.29, 0.717) is 0 Å². The van der Waals surface area contributed by atoms with Crippen molar-refractivity contribution in [3.8, 4) is 0 Å². The fourth-order valence-corrected chi connectivity index (χ4v) is 4.36. The number of carbonyl (C=O) groups is 2. The Morgan fingerprint density at radius 1 is 0.548 bits per heavy atom. The Morgan fingerprint density at radius 3 is 0.968 bits per heavy atom. The predicted octanol–water partition coefficient (Wildman–Crippen LogP) is -1.25. The highest BCUT2D eigenvalue weighted by atomic mass is 16.7. The van der Waals surface area contributed by atoms with E-state index in [1.54, 1.807) is 0 Å². The molecule has 0 aromatic rings. The van der Waals surface area contributed by atoms with E-state index in [9.17, 15) is 70.3 Å². The molecule has 0 heterocycles. The van der Waals surface area contributed by atoms with Crippen LogP contribution in [0, 0.1) is 84.4 Å². The SMILES string of the molecule is O=C1CC(C([N+](=O)[O-])([N+](=O)[O-])[N+](=O)[O-])C2CC1C(C([N+](=O)[O-])([N+](=O)[O-])[N+](=O)[O-])CC2=O. The lowest BCUT2D eigenvalue weighted by Gasteiger charge is -2.39. The number of nitrogens with zero attached hydrogens (tertiary/aromatic N) is 6. The number of Topliss-reactive ketones (excluding diaryl/α,β-unsaturated/α-hetero) is 2. The molecule has 0 aliphatic heterocycles. The third kappa shape index (κ3) is 2.82. The van der Waals surface area contributed by atoms with Crippen molar-refractivity contribution in [3.63, 3.8) is 0 Å². The van der Waals surface area contributed by atoms with Gasteiger partial charge in [-0.3, -0.25) is 70.3 Å². The molecule has 0 amide bonds. The van der Waals surface area contributed by atoms with E-state index in [1.807, 2.05) is 0 Å². The van der Waals surface area contributed by atoms with Gasteiger partial charge in [-0.2, -0.15) is 0 Å². The van der Waals surface area contributed by atoms with Crippen LogP contribution in [0.1, 0.15) is 19.3 Å². The van der Waals surface area contributed by atoms with Crippen molar-refractivity contribution in [2.24, 2.45) is 23.7 Å². The third-order valence-electron chi connectivity index (χ3n) is 5.76. The minimum Gasteiger partial charge on any atom is -0.299 e. The zero-order valence-electron chi connectivity index (χ0n) is 14.8. The second-order valence-corrected chi connectivity index (χ2v) is 6.92. The zero-order chi connectivity index (χ0) is 24.0. The molecule has 0 spiro atoms. The first-order chi connectivity index (χ1) is 14.2. The quantitative estimate of drug-likeness (QED) is 0.237. The molecule has 0 saturated heterocycles. The molecule has 4 atom stereocenters. The van der Waals surface area contributed by atoms with Gasteiger partial charge in [-0.25, -0.2) is 0 Å². The molecule has 2 aliphatic rings. The molecule has 20 nitrogen and oxygen atoms in total. The van der Waals surface area contributed by atoms with Gasteiger partial charge in [-0.05, 0) is 6.42 Å². The average molecular weight is 450 g/mol. The topological polar surface area (TPSA) is 293 Å². The summed E-state index contributed by atoms with van der Waals surface area (Å²) in [5.41, 5.74) is 0. The van der Waals surface area contributed by atoms with Crippen LogP contribution in [0.4, 0.5) is 0 Å². The van der Waals surface area contributed by atoms with Crippen molar-refractivity contribution in [2.75, 3.05) is 0 Å². The first kappa shape index (κ1) is 23.0. The summed E-state index contributed by atoms with van der Waals surface area (Å²) in [7, 11) is 0. The van der Waals surface area contributed by atoms with Gasteiger partial charge in [0, 0.05) is 24.7 Å². The lowest BCUT2D eigenvalue weighted by Crippen LogP contribution is -2.68. The lowest BCUT2D eigenvalue weighted by molar-refractivity contribution is -0.981. The molecule has 2 rings (SSSR count). The molecule has 20 heteroatoms. The molecular formula is C11H10N6O14. The summed E-state index contributed by atoms with van der Waals surface area (Å²) >= 11 is 0. The van der Waals surface area contributed by atoms with Crippen LogP contribution in [-0.4, -0.2) is 52.7 Å². The molecule has 0 radical (unpaired) electrons. The van der Waals surface area contributed by atoms with Crippen molar-refractivity contribution in [3.05, 3.63) is 60.7 Å². The normalized spacial score (nSPS) is 26.1. The minimum absolute atomic E-state index is 1.03. The Labute approximate surface area is 167 Å². The molecule has 4 unspecified atom stereocenters. The molecule has 2 fully saturated rings. The molecule has 0 N–H and O–H groups in total. The molecule has 2 saturated carbocycles. The van der Waals surface area contributed by atoms with Crippen LogP contribution in [0.15, 0.2) is 0 Å². The summed E-state index contributed by atoms with van der Waals surface area (Å²) < 4.78 is 0. The van der Waals surface area contributed by atoms with Gasteiger partial charge in [0.1, 0.15) is 11.6 Å². The van der Waals surface area contributed by atoms with Crippen LogP contribution in [0.25, 0.3) is 0 Å². The summed E-state index contributed by atoms with van der Waals surface area (Å²) in [5.74, 6) is -19.8. The number of hydrogen-bond donors (Lipinski definition) is 0. The smallest absolute Gasteiger partial charge is 0.299 e. The maximum absolute atomic E-state index is 12.5. The maximum atomic E-state index is 12.5. The molecule has 0 aromatic carbocycles. The highest BCUT2D eigenvalue weighted by Crippen LogP contribution is 2.50. The molecular weight excluding hydrogens is 440 g/mol. The molecule has 0 aromatic heterocycles. The number of fused-ring (bicyclic) bond motifs is 2. The Kier molecular flexibility index (Phi) is 5.36. The van der Waals surface area contributed by atoms with Gasteiger partial charge in [-0.1, -0.05) is 0 Å². The lowest BCUT2D eigenvalue weighted by atomic mass is 9.58. The molecule has 2 bridgehead atoms. The fraction of sp³-hybridized carbons (Fsp3) is 0.818. The second kappa shape index (κ2) is 7.21. The van der Waals surface area contributed by atoms with Crippen LogP contribution >= 0.6 is 0 Å². The highest BCUT2D eigenvalue weighted by molar-refractivity contribution is 5.91. The van der Waals surface area contributed by atoms with E-state index in [0.717, 1.165) is 0 Å². The van der Waals surface area contributed by atoms with Gasteiger partial charge in [0.2, 0.25) is 0 Å². The van der Waals surface area contributed by atoms with Crippen molar-refractivity contribution >= 4 is 11.6 Å². The number of ketones is 2. The molecule has 31 heavy (non-hydrogen) atoms. The van der Waals surface area contributed by atoms with Crippen molar-refractivity contribution in [1.82, 2.24) is 0 Å². The number of rotatable bonds is 8. The second-order valence-electron chi connectivity index (χ2n) is 6.92. The van der Waals surface area contributed by atoms with E-state index in [-0.39, 0.29) is 0 Å². The van der Waals surface area contributed by atoms with Crippen LogP contribution in [0.5, 0.6) is 0 Å². The Morgan fingerprint density at radius 2 is 0.774 bits per heavy atom. The third-order valence-corrected chi connectivity index (χ3v) is 5.76. The first-order valence-corrected chi connectivity index (χ1v) is 8.10. The Hall–Kier alpha value is -4.26. The van der Waals surface area contributed by atoms with Gasteiger partial charge in [0.15, 0.2) is 41.4 Å². The van der Waals surface area contributed by atoms with Gasteiger partial charge in [-0.15, -0.1) is 0 Å². The summed E-state index contributed by atoms with van der Waals surface area (Å²) in [4.78, 5) is 81.5. The maximum Gasteiger partial charge on any atom is 0.703 e. The van der Waals surface area contributed by atoms with Crippen LogP contribution in [0.2, 0.25) is 0 Å². The molecule has 168 valence electrons. The van der Waals surface area contributed by atoms with Crippen LogP contribution < -0.4 is 0 Å². The van der Waals surface area contributed by atoms with E-state index >= 15 is 0 Å². The predicted molar refractivity (Wildman–Crippen MR) is 85.3 cm³/mol. The minimum atomic E-state index is -4.21. The van der Waals surface area contributed by atoms with E-state index in [1.165, 1.54) is 0 Å². The van der Waals surface area contributed by atoms with Gasteiger partial charge >= 0.3 is 11.6 Å². The Bertz CT molecular complexity index is 799. The zero-order valence-corrected chi connectivity index (χ0v) is 14.8. The summed E-state index contributed by atoms with van der Waals surface area (Å²) in [6, 6.07) is 0. The summed E-state index contributed by atoms with van der Waals surface area (Å²) in [6.45, 7) is 0. The van der Waals surface area contributed by atoms with Crippen molar-refractivity contribution < 1.29 is 39.1 Å². The number of nitro groups is 6. The monoisotopic (exact) mass is 450 g/mol. The Balaban J connectivity index is 2.65. The van der Waals surface area contributed by atoms with Crippen LogP contribution in [0.3, 0.4) is 0 Å². The van der Waals surface area contributed by atoms with Gasteiger partial charge < -0.3 is 0 Å². The van der Waals surface area contributed by atoms with E-state index in [4.69, 9.17) is 0 Å². The average Bonchev–Trinajstić information content (AvgIpc) is 2.59. The van der Waals surface area contributed by atoms with Crippen molar-refractivity contribution in [2.45, 2.75) is 30.8 Å². The van der Waals surface area contributed by atoms with E-state index in [2.05, 4.69) is 0 Å². The number of hydrogen-bond acceptors (Lipinski definition) is 14. The van der Waals surface area contributed by atoms with Crippen molar-refractivity contribution in [1.29, 1.82) is 0 Å². The standard InChI is InChI=1S/C11H10N6O14/c18-8-2-6(10(12(20)21,13(22)23)14(24)25)4-1-5(8)7(3-9(4)19)11(15(26)27,16(28)29)17(30)31/h4-7H,1-3H2. The highest BCUT2D eigenvalue weighted by Gasteiger charge is 2.84. The van der Waals surface area contributed by atoms with Gasteiger partial charge in [0.05, 0.1) is 0 Å². The number of carbonyl (C=O) groups excluding carboxylic acids is 2.